The third-order valence-electron chi connectivity index (χ3n) is 2.58. The molecule has 5 heteroatoms. The van der Waals surface area contributed by atoms with Gasteiger partial charge in [0.2, 0.25) is 0 Å². The summed E-state index contributed by atoms with van der Waals surface area (Å²) in [4.78, 5) is 11.8. The van der Waals surface area contributed by atoms with Crippen molar-refractivity contribution in [3.63, 3.8) is 0 Å². The van der Waals surface area contributed by atoms with Crippen molar-refractivity contribution in [2.45, 2.75) is 6.54 Å². The van der Waals surface area contributed by atoms with Crippen molar-refractivity contribution in [1.29, 1.82) is 0 Å². The Bertz CT molecular complexity index is 597. The van der Waals surface area contributed by atoms with Crippen LogP contribution in [0.5, 0.6) is 5.75 Å². The summed E-state index contributed by atoms with van der Waals surface area (Å²) in [5.41, 5.74) is 1.26. The molecule has 0 spiro atoms. The molecular weight excluding hydrogens is 285 g/mol. The Morgan fingerprint density at radius 1 is 1.11 bits per heavy atom. The second-order valence-corrected chi connectivity index (χ2v) is 4.81. The molecule has 0 saturated heterocycles. The molecule has 2 aromatic rings. The number of phenolic OH excluding ortho intramolecular Hbond substituents is 1. The monoisotopic (exact) mass is 295 g/mol. The molecule has 1 amide bonds. The molecule has 0 heterocycles. The summed E-state index contributed by atoms with van der Waals surface area (Å²) in [5, 5.41) is 13.0. The topological polar surface area (TPSA) is 49.3 Å². The number of aromatic hydroxyl groups is 1. The first-order chi connectivity index (χ1) is 9.06. The molecule has 2 aromatic carbocycles. The van der Waals surface area contributed by atoms with Gasteiger partial charge in [0, 0.05) is 22.2 Å². The average Bonchev–Trinajstić information content (AvgIpc) is 2.38. The second-order valence-electron chi connectivity index (χ2n) is 3.97. The van der Waals surface area contributed by atoms with Gasteiger partial charge in [-0.3, -0.25) is 4.79 Å². The highest BCUT2D eigenvalue weighted by Crippen LogP contribution is 2.20. The minimum Gasteiger partial charge on any atom is -0.508 e. The lowest BCUT2D eigenvalue weighted by molar-refractivity contribution is 0.0951. The molecule has 0 saturated carbocycles. The van der Waals surface area contributed by atoms with Gasteiger partial charge in [-0.1, -0.05) is 29.3 Å². The minimum atomic E-state index is -0.231. The Balaban J connectivity index is 2.02. The fraction of sp³-hybridized carbons (Fsp3) is 0.0714. The highest BCUT2D eigenvalue weighted by atomic mass is 35.5. The number of halogens is 2. The van der Waals surface area contributed by atoms with Crippen LogP contribution in [-0.2, 0) is 6.54 Å². The van der Waals surface area contributed by atoms with Crippen LogP contribution in [0.1, 0.15) is 15.9 Å². The van der Waals surface area contributed by atoms with Gasteiger partial charge in [0.15, 0.2) is 0 Å². The van der Waals surface area contributed by atoms with Crippen molar-refractivity contribution in [3.8, 4) is 5.75 Å². The number of hydrogen-bond acceptors (Lipinski definition) is 2. The lowest BCUT2D eigenvalue weighted by atomic mass is 10.2. The van der Waals surface area contributed by atoms with E-state index in [1.165, 1.54) is 12.1 Å². The van der Waals surface area contributed by atoms with Gasteiger partial charge < -0.3 is 10.4 Å². The number of nitrogens with one attached hydrogen (secondary N) is 1. The van der Waals surface area contributed by atoms with Crippen molar-refractivity contribution < 1.29 is 9.90 Å². The molecule has 0 radical (unpaired) electrons. The highest BCUT2D eigenvalue weighted by Gasteiger charge is 2.07. The van der Waals surface area contributed by atoms with Crippen LogP contribution in [0.25, 0.3) is 0 Å². The molecule has 19 heavy (non-hydrogen) atoms. The minimum absolute atomic E-state index is 0.122. The van der Waals surface area contributed by atoms with Crippen LogP contribution >= 0.6 is 23.2 Å². The number of carbonyl (C=O) groups is 1. The molecule has 2 N–H and O–H groups in total. The lowest BCUT2D eigenvalue weighted by Crippen LogP contribution is -2.22. The molecule has 2 rings (SSSR count). The van der Waals surface area contributed by atoms with E-state index in [4.69, 9.17) is 28.3 Å². The van der Waals surface area contributed by atoms with E-state index < -0.39 is 0 Å². The highest BCUT2D eigenvalue weighted by molar-refractivity contribution is 6.35. The van der Waals surface area contributed by atoms with E-state index in [1.54, 1.807) is 30.3 Å². The molecule has 0 aliphatic rings. The van der Waals surface area contributed by atoms with Crippen LogP contribution in [0.3, 0.4) is 0 Å². The smallest absolute Gasteiger partial charge is 0.251 e. The number of rotatable bonds is 3. The first-order valence-electron chi connectivity index (χ1n) is 5.57. The third-order valence-corrected chi connectivity index (χ3v) is 3.17. The third kappa shape index (κ3) is 3.63. The van der Waals surface area contributed by atoms with Gasteiger partial charge in [0.25, 0.3) is 5.91 Å². The maximum Gasteiger partial charge on any atom is 0.251 e. The van der Waals surface area contributed by atoms with E-state index in [0.29, 0.717) is 22.2 Å². The largest absolute Gasteiger partial charge is 0.508 e. The molecule has 3 nitrogen and oxygen atoms in total. The van der Waals surface area contributed by atoms with Crippen LogP contribution < -0.4 is 5.32 Å². The molecule has 0 unspecified atom stereocenters. The van der Waals surface area contributed by atoms with Gasteiger partial charge >= 0.3 is 0 Å². The summed E-state index contributed by atoms with van der Waals surface area (Å²) < 4.78 is 0. The molecule has 0 aliphatic carbocycles. The Morgan fingerprint density at radius 2 is 1.79 bits per heavy atom. The maximum atomic E-state index is 11.8. The predicted octanol–water partition coefficient (Wildman–Crippen LogP) is 3.63. The zero-order valence-electron chi connectivity index (χ0n) is 9.86. The Labute approximate surface area is 120 Å². The van der Waals surface area contributed by atoms with Crippen LogP contribution in [0, 0.1) is 0 Å². The van der Waals surface area contributed by atoms with Crippen molar-refractivity contribution in [3.05, 3.63) is 63.6 Å². The van der Waals surface area contributed by atoms with Crippen molar-refractivity contribution in [1.82, 2.24) is 5.32 Å². The van der Waals surface area contributed by atoms with Gasteiger partial charge in [-0.25, -0.2) is 0 Å². The summed E-state index contributed by atoms with van der Waals surface area (Å²) in [7, 11) is 0. The fourth-order valence-corrected chi connectivity index (χ4v) is 2.03. The first-order valence-corrected chi connectivity index (χ1v) is 6.33. The number of hydrogen-bond donors (Lipinski definition) is 2. The fourth-order valence-electron chi connectivity index (χ4n) is 1.56. The van der Waals surface area contributed by atoms with E-state index >= 15 is 0 Å². The first kappa shape index (κ1) is 13.7. The predicted molar refractivity (Wildman–Crippen MR) is 75.7 cm³/mol. The normalized spacial score (nSPS) is 10.2. The van der Waals surface area contributed by atoms with Gasteiger partial charge in [-0.05, 0) is 42.0 Å². The van der Waals surface area contributed by atoms with E-state index in [-0.39, 0.29) is 11.7 Å². The molecule has 0 fully saturated rings. The van der Waals surface area contributed by atoms with Gasteiger partial charge in [0.05, 0.1) is 0 Å². The van der Waals surface area contributed by atoms with Gasteiger partial charge in [-0.2, -0.15) is 0 Å². The van der Waals surface area contributed by atoms with Crippen LogP contribution in [0.15, 0.2) is 42.5 Å². The summed E-state index contributed by atoms with van der Waals surface area (Å²) in [6.45, 7) is 0.315. The van der Waals surface area contributed by atoms with Gasteiger partial charge in [0.1, 0.15) is 5.75 Å². The number of phenols is 1. The summed E-state index contributed by atoms with van der Waals surface area (Å²) in [5.74, 6) is -0.108. The molecule has 0 bridgehead atoms. The zero-order chi connectivity index (χ0) is 13.8. The van der Waals surface area contributed by atoms with Crippen LogP contribution in [0.4, 0.5) is 0 Å². The number of benzene rings is 2. The van der Waals surface area contributed by atoms with Crippen LogP contribution in [0.2, 0.25) is 10.0 Å². The van der Waals surface area contributed by atoms with E-state index in [2.05, 4.69) is 5.32 Å². The maximum absolute atomic E-state index is 11.8. The van der Waals surface area contributed by atoms with Crippen LogP contribution in [-0.4, -0.2) is 11.0 Å². The Morgan fingerprint density at radius 3 is 2.42 bits per heavy atom. The average molecular weight is 296 g/mol. The summed E-state index contributed by atoms with van der Waals surface area (Å²) >= 11 is 11.8. The molecule has 98 valence electrons. The molecular formula is C14H11Cl2NO2. The Hall–Kier alpha value is -1.71. The zero-order valence-corrected chi connectivity index (χ0v) is 11.4. The number of amides is 1. The quantitative estimate of drug-likeness (QED) is 0.908. The summed E-state index contributed by atoms with van der Waals surface area (Å²) in [6, 6.07) is 11.1. The lowest BCUT2D eigenvalue weighted by Gasteiger charge is -2.07. The van der Waals surface area contributed by atoms with Crippen molar-refractivity contribution >= 4 is 29.1 Å². The second kappa shape index (κ2) is 5.95. The van der Waals surface area contributed by atoms with E-state index in [0.717, 1.165) is 5.56 Å². The number of carbonyl (C=O) groups excluding carboxylic acids is 1. The van der Waals surface area contributed by atoms with E-state index in [1.807, 2.05) is 0 Å². The Kier molecular flexibility index (Phi) is 4.30. The van der Waals surface area contributed by atoms with Crippen molar-refractivity contribution in [2.24, 2.45) is 0 Å². The van der Waals surface area contributed by atoms with Crippen molar-refractivity contribution in [2.75, 3.05) is 0 Å². The summed E-state index contributed by atoms with van der Waals surface area (Å²) in [6.07, 6.45) is 0. The standard InChI is InChI=1S/C14H11Cl2NO2/c15-11-4-1-10(13(16)7-11)8-17-14(19)9-2-5-12(18)6-3-9/h1-7,18H,8H2,(H,17,19). The van der Waals surface area contributed by atoms with E-state index in [9.17, 15) is 4.79 Å². The van der Waals surface area contributed by atoms with Gasteiger partial charge in [-0.15, -0.1) is 0 Å². The SMILES string of the molecule is O=C(NCc1ccc(Cl)cc1Cl)c1ccc(O)cc1. The molecule has 0 atom stereocenters. The molecule has 0 aromatic heterocycles. The molecule has 0 aliphatic heterocycles.